The number of carbonyl (C=O) groups excluding carboxylic acids is 1. The van der Waals surface area contributed by atoms with Crippen LogP contribution < -0.4 is 5.32 Å². The first kappa shape index (κ1) is 14.1. The monoisotopic (exact) mass is 292 g/mol. The highest BCUT2D eigenvalue weighted by Gasteiger charge is 2.42. The van der Waals surface area contributed by atoms with Gasteiger partial charge in [0.25, 0.3) is 5.91 Å². The number of rotatable bonds is 4. The minimum Gasteiger partial charge on any atom is -0.349 e. The van der Waals surface area contributed by atoms with E-state index < -0.39 is 0 Å². The van der Waals surface area contributed by atoms with E-state index in [4.69, 9.17) is 0 Å². The molecule has 1 N–H and O–H groups in total. The average Bonchev–Trinajstić information content (AvgIpc) is 3.12. The summed E-state index contributed by atoms with van der Waals surface area (Å²) in [6.07, 6.45) is 6.39. The van der Waals surface area contributed by atoms with Gasteiger partial charge < -0.3 is 5.32 Å². The Labute approximate surface area is 125 Å². The highest BCUT2D eigenvalue weighted by molar-refractivity contribution is 7.13. The van der Waals surface area contributed by atoms with E-state index in [-0.39, 0.29) is 5.91 Å². The number of aryl methyl sites for hydroxylation is 2. The maximum Gasteiger partial charge on any atom is 0.263 e. The third-order valence-corrected chi connectivity index (χ3v) is 6.44. The van der Waals surface area contributed by atoms with Crippen molar-refractivity contribution in [3.63, 3.8) is 0 Å². The molecule has 1 aromatic rings. The maximum atomic E-state index is 12.4. The van der Waals surface area contributed by atoms with Crippen molar-refractivity contribution in [2.24, 2.45) is 17.8 Å². The van der Waals surface area contributed by atoms with Gasteiger partial charge in [-0.3, -0.25) is 4.79 Å². The zero-order valence-corrected chi connectivity index (χ0v) is 13.4. The number of nitrogens with zero attached hydrogens (tertiary/aromatic N) is 1. The van der Waals surface area contributed by atoms with Crippen molar-refractivity contribution in [1.29, 1.82) is 0 Å². The molecule has 0 radical (unpaired) electrons. The molecule has 0 spiro atoms. The summed E-state index contributed by atoms with van der Waals surface area (Å²) < 4.78 is 0. The molecule has 1 amide bonds. The molecule has 3 rings (SSSR count). The van der Waals surface area contributed by atoms with E-state index in [9.17, 15) is 4.79 Å². The molecule has 0 aliphatic heterocycles. The summed E-state index contributed by atoms with van der Waals surface area (Å²) in [5.74, 6) is 2.55. The number of carbonyl (C=O) groups is 1. The minimum atomic E-state index is 0.0787. The maximum absolute atomic E-state index is 12.4. The van der Waals surface area contributed by atoms with Gasteiger partial charge in [0.2, 0.25) is 0 Å². The fourth-order valence-electron chi connectivity index (χ4n) is 4.10. The normalized spacial score (nSPS) is 29.6. The summed E-state index contributed by atoms with van der Waals surface area (Å²) in [7, 11) is 0. The number of aromatic nitrogens is 1. The molecule has 2 aliphatic rings. The van der Waals surface area contributed by atoms with E-state index in [1.54, 1.807) is 11.3 Å². The van der Waals surface area contributed by atoms with E-state index in [0.29, 0.717) is 12.0 Å². The third-order valence-electron chi connectivity index (χ3n) is 5.14. The fourth-order valence-corrected chi connectivity index (χ4v) is 5.01. The molecule has 2 fully saturated rings. The molecule has 2 bridgehead atoms. The molecule has 0 saturated heterocycles. The van der Waals surface area contributed by atoms with Crippen LogP contribution in [0.3, 0.4) is 0 Å². The van der Waals surface area contributed by atoms with Crippen LogP contribution in [-0.4, -0.2) is 16.9 Å². The summed E-state index contributed by atoms with van der Waals surface area (Å²) >= 11 is 1.54. The minimum absolute atomic E-state index is 0.0787. The number of amides is 1. The van der Waals surface area contributed by atoms with Crippen LogP contribution >= 0.6 is 11.3 Å². The molecule has 2 saturated carbocycles. The molecular formula is C16H24N2OS. The van der Waals surface area contributed by atoms with Crippen LogP contribution in [-0.2, 0) is 6.42 Å². The second-order valence-corrected chi connectivity index (χ2v) is 7.56. The first-order chi connectivity index (χ1) is 9.58. The van der Waals surface area contributed by atoms with Gasteiger partial charge in [-0.05, 0) is 57.3 Å². The van der Waals surface area contributed by atoms with Gasteiger partial charge in [0.1, 0.15) is 4.88 Å². The van der Waals surface area contributed by atoms with E-state index in [0.717, 1.165) is 33.8 Å². The highest BCUT2D eigenvalue weighted by atomic mass is 32.1. The van der Waals surface area contributed by atoms with Gasteiger partial charge in [0, 0.05) is 6.04 Å². The Morgan fingerprint density at radius 3 is 2.80 bits per heavy atom. The Balaban J connectivity index is 1.64. The molecule has 4 heteroatoms. The molecule has 110 valence electrons. The van der Waals surface area contributed by atoms with Crippen LogP contribution in [0.5, 0.6) is 0 Å². The van der Waals surface area contributed by atoms with Crippen LogP contribution in [0.15, 0.2) is 0 Å². The van der Waals surface area contributed by atoms with Gasteiger partial charge >= 0.3 is 0 Å². The highest BCUT2D eigenvalue weighted by Crippen LogP contribution is 2.49. The standard InChI is InChI=1S/C16H24N2OS/c1-4-14-17-10(3)15(20-14)16(19)18-9(2)13-8-11-5-6-12(13)7-11/h9,11-13H,4-8H2,1-3H3,(H,18,19)/t9-,11-,12-,13+/m0/s1. The van der Waals surface area contributed by atoms with Crippen LogP contribution in [0.25, 0.3) is 0 Å². The van der Waals surface area contributed by atoms with E-state index >= 15 is 0 Å². The van der Waals surface area contributed by atoms with Crippen LogP contribution in [0.1, 0.15) is 59.9 Å². The summed E-state index contributed by atoms with van der Waals surface area (Å²) in [5, 5.41) is 4.29. The largest absolute Gasteiger partial charge is 0.349 e. The lowest BCUT2D eigenvalue weighted by molar-refractivity contribution is 0.0918. The van der Waals surface area contributed by atoms with E-state index in [1.165, 1.54) is 25.7 Å². The molecule has 20 heavy (non-hydrogen) atoms. The van der Waals surface area contributed by atoms with Crippen molar-refractivity contribution in [3.8, 4) is 0 Å². The lowest BCUT2D eigenvalue weighted by atomic mass is 9.84. The lowest BCUT2D eigenvalue weighted by Crippen LogP contribution is -2.40. The molecule has 1 heterocycles. The lowest BCUT2D eigenvalue weighted by Gasteiger charge is -2.28. The number of hydrogen-bond acceptors (Lipinski definition) is 3. The third kappa shape index (κ3) is 2.50. The molecule has 3 nitrogen and oxygen atoms in total. The van der Waals surface area contributed by atoms with E-state index in [2.05, 4.69) is 24.1 Å². The molecule has 0 unspecified atom stereocenters. The zero-order valence-electron chi connectivity index (χ0n) is 12.6. The Hall–Kier alpha value is -0.900. The van der Waals surface area contributed by atoms with Gasteiger partial charge in [-0.2, -0.15) is 0 Å². The van der Waals surface area contributed by atoms with Gasteiger partial charge in [-0.1, -0.05) is 13.3 Å². The Kier molecular flexibility index (Phi) is 3.85. The first-order valence-electron chi connectivity index (χ1n) is 7.85. The Morgan fingerprint density at radius 1 is 1.45 bits per heavy atom. The van der Waals surface area contributed by atoms with Gasteiger partial charge in [-0.25, -0.2) is 4.98 Å². The molecule has 1 aromatic heterocycles. The van der Waals surface area contributed by atoms with Crippen molar-refractivity contribution < 1.29 is 4.79 Å². The van der Waals surface area contributed by atoms with E-state index in [1.807, 2.05) is 6.92 Å². The zero-order chi connectivity index (χ0) is 14.3. The number of hydrogen-bond donors (Lipinski definition) is 1. The van der Waals surface area contributed by atoms with Crippen molar-refractivity contribution >= 4 is 17.2 Å². The second kappa shape index (κ2) is 5.47. The number of fused-ring (bicyclic) bond motifs is 2. The summed E-state index contributed by atoms with van der Waals surface area (Å²) in [4.78, 5) is 17.7. The topological polar surface area (TPSA) is 42.0 Å². The predicted octanol–water partition coefficient (Wildman–Crippen LogP) is 3.57. The average molecular weight is 292 g/mol. The second-order valence-electron chi connectivity index (χ2n) is 6.48. The number of thiazole rings is 1. The van der Waals surface area contributed by atoms with Crippen LogP contribution in [0.2, 0.25) is 0 Å². The SMILES string of the molecule is CCc1nc(C)c(C(=O)N[C@@H](C)[C@H]2C[C@H]3CC[C@H]2C3)s1. The van der Waals surface area contributed by atoms with Crippen LogP contribution in [0.4, 0.5) is 0 Å². The quantitative estimate of drug-likeness (QED) is 0.922. The van der Waals surface area contributed by atoms with Gasteiger partial charge in [0.05, 0.1) is 10.7 Å². The Morgan fingerprint density at radius 2 is 2.25 bits per heavy atom. The number of nitrogens with one attached hydrogen (secondary N) is 1. The van der Waals surface area contributed by atoms with Crippen molar-refractivity contribution in [2.45, 2.75) is 58.9 Å². The smallest absolute Gasteiger partial charge is 0.263 e. The van der Waals surface area contributed by atoms with Crippen molar-refractivity contribution in [2.75, 3.05) is 0 Å². The summed E-state index contributed by atoms with van der Waals surface area (Å²) in [5.41, 5.74) is 0.879. The molecule has 2 aliphatic carbocycles. The van der Waals surface area contributed by atoms with Gasteiger partial charge in [0.15, 0.2) is 0 Å². The summed E-state index contributed by atoms with van der Waals surface area (Å²) in [6, 6.07) is 0.296. The Bertz CT molecular complexity index is 511. The van der Waals surface area contributed by atoms with Gasteiger partial charge in [-0.15, -0.1) is 11.3 Å². The van der Waals surface area contributed by atoms with Crippen LogP contribution in [0, 0.1) is 24.7 Å². The predicted molar refractivity (Wildman–Crippen MR) is 82.1 cm³/mol. The van der Waals surface area contributed by atoms with Crippen molar-refractivity contribution in [1.82, 2.24) is 10.3 Å². The summed E-state index contributed by atoms with van der Waals surface area (Å²) in [6.45, 7) is 6.20. The van der Waals surface area contributed by atoms with Crippen molar-refractivity contribution in [3.05, 3.63) is 15.6 Å². The molecular weight excluding hydrogens is 268 g/mol. The fraction of sp³-hybridized carbons (Fsp3) is 0.750. The first-order valence-corrected chi connectivity index (χ1v) is 8.67. The molecule has 0 aromatic carbocycles. The molecule has 4 atom stereocenters.